The molecule has 0 heterocycles. The fourth-order valence-electron chi connectivity index (χ4n) is 0.956. The molecule has 5 heteroatoms. The highest BCUT2D eigenvalue weighted by molar-refractivity contribution is 5.85. The van der Waals surface area contributed by atoms with Gasteiger partial charge in [-0.2, -0.15) is 0 Å². The highest BCUT2D eigenvalue weighted by atomic mass is 35.5. The van der Waals surface area contributed by atoms with E-state index in [0.29, 0.717) is 0 Å². The van der Waals surface area contributed by atoms with E-state index in [0.717, 1.165) is 6.07 Å². The van der Waals surface area contributed by atoms with Crippen molar-refractivity contribution in [2.75, 3.05) is 7.11 Å². The lowest BCUT2D eigenvalue weighted by atomic mass is 10.2. The van der Waals surface area contributed by atoms with Crippen LogP contribution in [-0.2, 0) is 6.54 Å². The third-order valence-electron chi connectivity index (χ3n) is 1.58. The first-order chi connectivity index (χ1) is 5.70. The number of halogens is 3. The van der Waals surface area contributed by atoms with E-state index in [4.69, 9.17) is 10.5 Å². The van der Waals surface area contributed by atoms with E-state index in [1.54, 1.807) is 0 Å². The zero-order valence-electron chi connectivity index (χ0n) is 7.01. The van der Waals surface area contributed by atoms with Crippen LogP contribution in [0.25, 0.3) is 0 Å². The summed E-state index contributed by atoms with van der Waals surface area (Å²) in [5.74, 6) is -1.57. The molecular weight excluding hydrogens is 200 g/mol. The Balaban J connectivity index is 0.00000144. The Morgan fingerprint density at radius 1 is 1.38 bits per heavy atom. The highest BCUT2D eigenvalue weighted by Gasteiger charge is 2.11. The van der Waals surface area contributed by atoms with Crippen LogP contribution in [0.4, 0.5) is 8.78 Å². The topological polar surface area (TPSA) is 35.2 Å². The molecule has 0 fully saturated rings. The van der Waals surface area contributed by atoms with Crippen molar-refractivity contribution in [2.45, 2.75) is 6.54 Å². The van der Waals surface area contributed by atoms with E-state index in [2.05, 4.69) is 0 Å². The van der Waals surface area contributed by atoms with Crippen molar-refractivity contribution in [3.05, 3.63) is 29.3 Å². The summed E-state index contributed by atoms with van der Waals surface area (Å²) in [5, 5.41) is 0. The van der Waals surface area contributed by atoms with E-state index in [1.807, 2.05) is 0 Å². The van der Waals surface area contributed by atoms with Gasteiger partial charge in [-0.3, -0.25) is 0 Å². The van der Waals surface area contributed by atoms with Crippen LogP contribution in [0.5, 0.6) is 5.75 Å². The Kier molecular flexibility index (Phi) is 4.66. The summed E-state index contributed by atoms with van der Waals surface area (Å²) in [6.07, 6.45) is 0. The molecule has 0 amide bonds. The van der Waals surface area contributed by atoms with Crippen molar-refractivity contribution >= 4 is 12.4 Å². The van der Waals surface area contributed by atoms with Crippen LogP contribution >= 0.6 is 12.4 Å². The Morgan fingerprint density at radius 3 is 2.46 bits per heavy atom. The lowest BCUT2D eigenvalue weighted by Gasteiger charge is -2.07. The van der Waals surface area contributed by atoms with Crippen molar-refractivity contribution in [3.8, 4) is 5.75 Å². The van der Waals surface area contributed by atoms with Gasteiger partial charge in [0.15, 0.2) is 11.6 Å². The molecule has 0 saturated carbocycles. The van der Waals surface area contributed by atoms with Crippen LogP contribution in [-0.4, -0.2) is 7.11 Å². The number of hydrogen-bond donors (Lipinski definition) is 1. The summed E-state index contributed by atoms with van der Waals surface area (Å²) >= 11 is 0. The predicted octanol–water partition coefficient (Wildman–Crippen LogP) is 1.85. The second-order valence-corrected chi connectivity index (χ2v) is 2.25. The molecule has 0 aromatic heterocycles. The van der Waals surface area contributed by atoms with Crippen LogP contribution in [0.2, 0.25) is 0 Å². The summed E-state index contributed by atoms with van der Waals surface area (Å²) in [4.78, 5) is 0. The maximum Gasteiger partial charge on any atom is 0.167 e. The minimum Gasteiger partial charge on any atom is -0.496 e. The summed E-state index contributed by atoms with van der Waals surface area (Å²) < 4.78 is 30.3. The van der Waals surface area contributed by atoms with Gasteiger partial charge in [0, 0.05) is 12.1 Å². The normalized spacial score (nSPS) is 9.23. The second-order valence-electron chi connectivity index (χ2n) is 2.25. The molecule has 2 nitrogen and oxygen atoms in total. The minimum atomic E-state index is -0.933. The van der Waals surface area contributed by atoms with Gasteiger partial charge in [0.25, 0.3) is 0 Å². The number of ether oxygens (including phenoxy) is 1. The first kappa shape index (κ1) is 12.1. The van der Waals surface area contributed by atoms with E-state index < -0.39 is 11.6 Å². The predicted molar refractivity (Wildman–Crippen MR) is 48.0 cm³/mol. The van der Waals surface area contributed by atoms with Crippen LogP contribution in [0.1, 0.15) is 5.56 Å². The van der Waals surface area contributed by atoms with Crippen molar-refractivity contribution in [3.63, 3.8) is 0 Å². The van der Waals surface area contributed by atoms with Crippen LogP contribution < -0.4 is 10.5 Å². The number of hydrogen-bond acceptors (Lipinski definition) is 2. The van der Waals surface area contributed by atoms with Crippen molar-refractivity contribution in [1.82, 2.24) is 0 Å². The molecule has 0 spiro atoms. The lowest BCUT2D eigenvalue weighted by molar-refractivity contribution is 0.398. The van der Waals surface area contributed by atoms with Crippen LogP contribution in [0, 0.1) is 11.6 Å². The molecule has 13 heavy (non-hydrogen) atoms. The zero-order valence-corrected chi connectivity index (χ0v) is 7.83. The molecule has 0 aliphatic heterocycles. The minimum absolute atomic E-state index is 0. The molecule has 0 atom stereocenters. The van der Waals surface area contributed by atoms with E-state index in [9.17, 15) is 8.78 Å². The van der Waals surface area contributed by atoms with Crippen molar-refractivity contribution in [2.24, 2.45) is 5.73 Å². The summed E-state index contributed by atoms with van der Waals surface area (Å²) in [7, 11) is 1.38. The molecule has 0 radical (unpaired) electrons. The molecule has 0 aliphatic carbocycles. The molecule has 1 rings (SSSR count). The van der Waals surface area contributed by atoms with E-state index >= 15 is 0 Å². The van der Waals surface area contributed by atoms with Crippen LogP contribution in [0.3, 0.4) is 0 Å². The number of rotatable bonds is 2. The number of nitrogens with two attached hydrogens (primary N) is 1. The van der Waals surface area contributed by atoms with Gasteiger partial charge in [-0.05, 0) is 12.1 Å². The van der Waals surface area contributed by atoms with Gasteiger partial charge in [-0.15, -0.1) is 12.4 Å². The van der Waals surface area contributed by atoms with Gasteiger partial charge in [-0.25, -0.2) is 8.78 Å². The summed E-state index contributed by atoms with van der Waals surface area (Å²) in [5.41, 5.74) is 5.28. The maximum atomic E-state index is 12.9. The van der Waals surface area contributed by atoms with Gasteiger partial charge in [0.05, 0.1) is 7.11 Å². The van der Waals surface area contributed by atoms with E-state index in [1.165, 1.54) is 13.2 Å². The first-order valence-electron chi connectivity index (χ1n) is 3.41. The standard InChI is InChI=1S/C8H9F2NO.ClH/c1-12-7-3-2-6(9)8(10)5(7)4-11;/h2-3H,4,11H2,1H3;1H. The fourth-order valence-corrected chi connectivity index (χ4v) is 0.956. The first-order valence-corrected chi connectivity index (χ1v) is 3.41. The largest absolute Gasteiger partial charge is 0.496 e. The SMILES string of the molecule is COc1ccc(F)c(F)c1CN.Cl. The summed E-state index contributed by atoms with van der Waals surface area (Å²) in [6.45, 7) is -0.0766. The Morgan fingerprint density at radius 2 is 2.00 bits per heavy atom. The smallest absolute Gasteiger partial charge is 0.167 e. The van der Waals surface area contributed by atoms with Crippen LogP contribution in [0.15, 0.2) is 12.1 Å². The number of methoxy groups -OCH3 is 1. The van der Waals surface area contributed by atoms with Gasteiger partial charge in [0.2, 0.25) is 0 Å². The molecule has 74 valence electrons. The summed E-state index contributed by atoms with van der Waals surface area (Å²) in [6, 6.07) is 2.36. The third-order valence-corrected chi connectivity index (χ3v) is 1.58. The van der Waals surface area contributed by atoms with Gasteiger partial charge < -0.3 is 10.5 Å². The van der Waals surface area contributed by atoms with Crippen molar-refractivity contribution < 1.29 is 13.5 Å². The second kappa shape index (κ2) is 4.99. The zero-order chi connectivity index (χ0) is 9.14. The Bertz CT molecular complexity index is 294. The average molecular weight is 210 g/mol. The molecule has 0 unspecified atom stereocenters. The van der Waals surface area contributed by atoms with Gasteiger partial charge in [0.1, 0.15) is 5.75 Å². The monoisotopic (exact) mass is 209 g/mol. The molecule has 0 aliphatic rings. The molecule has 0 saturated heterocycles. The van der Waals surface area contributed by atoms with Gasteiger partial charge in [-0.1, -0.05) is 0 Å². The Hall–Kier alpha value is -0.870. The quantitative estimate of drug-likeness (QED) is 0.807. The average Bonchev–Trinajstić information content (AvgIpc) is 2.09. The molecule has 2 N–H and O–H groups in total. The highest BCUT2D eigenvalue weighted by Crippen LogP contribution is 2.22. The molecule has 1 aromatic rings. The molecule has 1 aromatic carbocycles. The number of benzene rings is 1. The molecular formula is C8H10ClF2NO. The fraction of sp³-hybridized carbons (Fsp3) is 0.250. The maximum absolute atomic E-state index is 12.9. The third kappa shape index (κ3) is 2.29. The Labute approximate surface area is 81.1 Å². The van der Waals surface area contributed by atoms with Crippen molar-refractivity contribution in [1.29, 1.82) is 0 Å². The van der Waals surface area contributed by atoms with E-state index in [-0.39, 0.29) is 30.3 Å². The molecule has 0 bridgehead atoms. The van der Waals surface area contributed by atoms with Gasteiger partial charge >= 0.3 is 0 Å². The lowest BCUT2D eigenvalue weighted by Crippen LogP contribution is -2.04.